The fraction of sp³-hybridized carbons (Fsp3) is 0.267. The number of pyridine rings is 1. The molecule has 0 unspecified atom stereocenters. The maximum absolute atomic E-state index is 15.6. The predicted molar refractivity (Wildman–Crippen MR) is 164 cm³/mol. The number of nitrogens with zero attached hydrogens (tertiary/aromatic N) is 9. The van der Waals surface area contributed by atoms with Gasteiger partial charge in [0, 0.05) is 23.7 Å². The molecule has 5 aromatic rings. The second-order valence-electron chi connectivity index (χ2n) is 10.7. The summed E-state index contributed by atoms with van der Waals surface area (Å²) in [5, 5.41) is 14.4. The van der Waals surface area contributed by atoms with Crippen molar-refractivity contribution in [3.05, 3.63) is 87.8 Å². The van der Waals surface area contributed by atoms with Crippen LogP contribution in [0.1, 0.15) is 50.2 Å². The van der Waals surface area contributed by atoms with Crippen LogP contribution in [0.15, 0.2) is 65.0 Å². The molecular weight excluding hydrogens is 625 g/mol. The highest BCUT2D eigenvalue weighted by Gasteiger charge is 2.27. The average Bonchev–Trinajstić information content (AvgIpc) is 3.68. The highest BCUT2D eigenvalue weighted by molar-refractivity contribution is 6.31. The van der Waals surface area contributed by atoms with Crippen molar-refractivity contribution in [2.75, 3.05) is 5.32 Å². The number of rotatable bonds is 6. The van der Waals surface area contributed by atoms with Gasteiger partial charge < -0.3 is 5.32 Å². The minimum Gasteiger partial charge on any atom is -0.323 e. The van der Waals surface area contributed by atoms with Crippen LogP contribution in [0.4, 0.5) is 18.9 Å². The van der Waals surface area contributed by atoms with Crippen LogP contribution in [0.5, 0.6) is 0 Å². The molecule has 12 nitrogen and oxygen atoms in total. The van der Waals surface area contributed by atoms with Crippen molar-refractivity contribution in [1.82, 2.24) is 39.3 Å². The summed E-state index contributed by atoms with van der Waals surface area (Å²) in [5.41, 5.74) is 1.00. The number of nitrogens with one attached hydrogen (secondary N) is 1. The lowest BCUT2D eigenvalue weighted by Gasteiger charge is -2.22. The zero-order chi connectivity index (χ0) is 32.5. The van der Waals surface area contributed by atoms with Gasteiger partial charge in [-0.05, 0) is 43.8 Å². The van der Waals surface area contributed by atoms with Crippen molar-refractivity contribution in [3.63, 3.8) is 0 Å². The number of benzene rings is 1. The third-order valence-corrected chi connectivity index (χ3v) is 8.05. The van der Waals surface area contributed by atoms with E-state index in [-0.39, 0.29) is 45.8 Å². The first-order valence-electron chi connectivity index (χ1n) is 14.2. The van der Waals surface area contributed by atoms with E-state index in [9.17, 15) is 18.4 Å². The lowest BCUT2D eigenvalue weighted by Crippen LogP contribution is -2.27. The Bertz CT molecular complexity index is 2010. The molecule has 0 saturated heterocycles. The molecule has 1 N–H and O–H groups in total. The average molecular weight is 651 g/mol. The molecule has 4 aromatic heterocycles. The van der Waals surface area contributed by atoms with Gasteiger partial charge in [-0.2, -0.15) is 13.9 Å². The summed E-state index contributed by atoms with van der Waals surface area (Å²) in [6.07, 6.45) is 6.79. The zero-order valence-corrected chi connectivity index (χ0v) is 25.1. The Labute approximate surface area is 264 Å². The van der Waals surface area contributed by atoms with Gasteiger partial charge in [-0.25, -0.2) is 18.7 Å². The summed E-state index contributed by atoms with van der Waals surface area (Å²) >= 11 is 6.13. The van der Waals surface area contributed by atoms with E-state index in [1.807, 2.05) is 0 Å². The fourth-order valence-corrected chi connectivity index (χ4v) is 5.62. The number of amides is 1. The topological polar surface area (TPSA) is 138 Å². The minimum absolute atomic E-state index is 0.000722. The lowest BCUT2D eigenvalue weighted by atomic mass is 9.97. The highest BCUT2D eigenvalue weighted by atomic mass is 35.5. The Balaban J connectivity index is 1.45. The van der Waals surface area contributed by atoms with E-state index < -0.39 is 29.9 Å². The summed E-state index contributed by atoms with van der Waals surface area (Å²) in [5.74, 6) is -1.61. The largest absolute Gasteiger partial charge is 0.333 e. The van der Waals surface area contributed by atoms with Crippen molar-refractivity contribution < 1.29 is 18.0 Å². The van der Waals surface area contributed by atoms with E-state index in [0.717, 1.165) is 0 Å². The van der Waals surface area contributed by atoms with E-state index in [0.29, 0.717) is 40.9 Å². The van der Waals surface area contributed by atoms with Crippen LogP contribution in [0, 0.1) is 11.7 Å². The Morgan fingerprint density at radius 3 is 2.76 bits per heavy atom. The molecule has 236 valence electrons. The van der Waals surface area contributed by atoms with Crippen LogP contribution in [-0.4, -0.2) is 51.9 Å². The van der Waals surface area contributed by atoms with Crippen molar-refractivity contribution in [2.24, 2.45) is 10.9 Å². The molecule has 2 atom stereocenters. The van der Waals surface area contributed by atoms with Gasteiger partial charge in [-0.1, -0.05) is 30.2 Å². The van der Waals surface area contributed by atoms with Gasteiger partial charge in [0.2, 0.25) is 5.91 Å². The molecule has 1 aromatic carbocycles. The number of aromatic nitrogens is 8. The quantitative estimate of drug-likeness (QED) is 0.240. The lowest BCUT2D eigenvalue weighted by molar-refractivity contribution is -0.119. The van der Waals surface area contributed by atoms with Gasteiger partial charge in [-0.3, -0.25) is 24.1 Å². The number of anilines is 1. The van der Waals surface area contributed by atoms with Gasteiger partial charge >= 0.3 is 6.55 Å². The van der Waals surface area contributed by atoms with Gasteiger partial charge in [0.05, 0.1) is 70.4 Å². The van der Waals surface area contributed by atoms with Crippen LogP contribution in [0.3, 0.4) is 0 Å². The Morgan fingerprint density at radius 1 is 1.17 bits per heavy atom. The molecule has 6 rings (SSSR count). The molecule has 1 amide bonds. The molecule has 0 fully saturated rings. The van der Waals surface area contributed by atoms with Crippen LogP contribution in [0.2, 0.25) is 5.02 Å². The monoisotopic (exact) mass is 650 g/mol. The number of aliphatic imine (C=N–C) groups is 1. The Hall–Kier alpha value is -5.18. The second kappa shape index (κ2) is 12.7. The predicted octanol–water partition coefficient (Wildman–Crippen LogP) is 5.49. The molecule has 1 aliphatic heterocycles. The molecule has 1 aliphatic rings. The summed E-state index contributed by atoms with van der Waals surface area (Å²) in [6.45, 7) is 2.40. The molecule has 5 heterocycles. The van der Waals surface area contributed by atoms with Crippen molar-refractivity contribution in [1.29, 1.82) is 0 Å². The number of hydrogen-bond acceptors (Lipinski definition) is 8. The normalized spacial score (nSPS) is 16.8. The fourth-order valence-electron chi connectivity index (χ4n) is 5.46. The maximum atomic E-state index is 15.6. The van der Waals surface area contributed by atoms with Gasteiger partial charge in [0.1, 0.15) is 5.69 Å². The second-order valence-corrected chi connectivity index (χ2v) is 11.2. The zero-order valence-electron chi connectivity index (χ0n) is 24.3. The van der Waals surface area contributed by atoms with Crippen molar-refractivity contribution in [3.8, 4) is 28.2 Å². The maximum Gasteiger partial charge on any atom is 0.333 e. The van der Waals surface area contributed by atoms with Gasteiger partial charge in [0.25, 0.3) is 5.56 Å². The van der Waals surface area contributed by atoms with E-state index in [2.05, 4.69) is 42.4 Å². The van der Waals surface area contributed by atoms with E-state index in [4.69, 9.17) is 11.6 Å². The molecular formula is C30H26ClF3N10O2. The SMILES string of the molecule is C=NCc1cn(-c2ccc(Cl)c(F)c2-c2cc(=O)n([C@H]3CCC[C@@H](C)C(=O)Nc4cnn(C(F)F)c4-c4ccnc3c4)cn2)nn1. The third-order valence-electron chi connectivity index (χ3n) is 7.76. The molecule has 0 radical (unpaired) electrons. The number of fused-ring (bicyclic) bond motifs is 4. The van der Waals surface area contributed by atoms with E-state index in [1.54, 1.807) is 19.2 Å². The van der Waals surface area contributed by atoms with Crippen molar-refractivity contribution in [2.45, 2.75) is 45.3 Å². The van der Waals surface area contributed by atoms with E-state index >= 15 is 4.39 Å². The van der Waals surface area contributed by atoms with E-state index in [1.165, 1.54) is 52.2 Å². The summed E-state index contributed by atoms with van der Waals surface area (Å²) in [6, 6.07) is 6.49. The summed E-state index contributed by atoms with van der Waals surface area (Å²) < 4.78 is 46.7. The summed E-state index contributed by atoms with van der Waals surface area (Å²) in [4.78, 5) is 39.4. The van der Waals surface area contributed by atoms with Gasteiger partial charge in [0.15, 0.2) is 5.82 Å². The molecule has 0 aliphatic carbocycles. The minimum atomic E-state index is -2.97. The molecule has 0 saturated carbocycles. The molecule has 0 spiro atoms. The standard InChI is InChI=1S/C30H26ClF3N10O2/c1-16-4-3-5-23(20-10-17(8-9-36-20)28-22(39-29(16)46)13-38-44(28)30(33)34)42-15-37-21(11-25(42)45)26-24(7-6-19(31)27(26)32)43-14-18(12-35-2)40-41-43/h6-11,13-16,23,30H,2-5,12H2,1H3,(H,39,46)/t16-,23+/m1/s1. The van der Waals surface area contributed by atoms with Gasteiger partial charge in [-0.15, -0.1) is 5.10 Å². The molecule has 16 heteroatoms. The van der Waals surface area contributed by atoms with Crippen LogP contribution >= 0.6 is 11.6 Å². The smallest absolute Gasteiger partial charge is 0.323 e. The number of alkyl halides is 2. The Kier molecular flexibility index (Phi) is 8.49. The number of carbonyl (C=O) groups is 1. The molecule has 2 bridgehead atoms. The number of hydrogen-bond donors (Lipinski definition) is 1. The number of halogens is 4. The molecule has 46 heavy (non-hydrogen) atoms. The first kappa shape index (κ1) is 30.8. The van der Waals surface area contributed by atoms with Crippen LogP contribution in [0.25, 0.3) is 28.2 Å². The third kappa shape index (κ3) is 5.80. The summed E-state index contributed by atoms with van der Waals surface area (Å²) in [7, 11) is 0. The van der Waals surface area contributed by atoms with Crippen LogP contribution in [-0.2, 0) is 11.3 Å². The first-order valence-corrected chi connectivity index (χ1v) is 14.6. The van der Waals surface area contributed by atoms with Crippen LogP contribution < -0.4 is 10.9 Å². The number of carbonyl (C=O) groups excluding carboxylic acids is 1. The first-order chi connectivity index (χ1) is 22.2. The highest BCUT2D eigenvalue weighted by Crippen LogP contribution is 2.36. The Morgan fingerprint density at radius 2 is 2.00 bits per heavy atom. The van der Waals surface area contributed by atoms with Crippen molar-refractivity contribution >= 4 is 29.9 Å².